The number of amides is 1. The molecule has 2 fully saturated rings. The summed E-state index contributed by atoms with van der Waals surface area (Å²) < 4.78 is 25.3. The minimum Gasteiger partial charge on any atom is -0.493 e. The fraction of sp³-hybridized carbons (Fsp3) is 0.444. The molecule has 0 radical (unpaired) electrons. The number of methoxy groups -OCH3 is 1. The number of ether oxygens (including phenoxy) is 2. The molecule has 8 nitrogen and oxygen atoms in total. The second kappa shape index (κ2) is 10.7. The van der Waals surface area contributed by atoms with Crippen LogP contribution in [0.2, 0.25) is 5.02 Å². The van der Waals surface area contributed by atoms with Gasteiger partial charge in [-0.3, -0.25) is 4.79 Å². The van der Waals surface area contributed by atoms with Gasteiger partial charge in [0, 0.05) is 55.7 Å². The van der Waals surface area contributed by atoms with Crippen LogP contribution >= 0.6 is 11.6 Å². The topological polar surface area (TPSA) is 79.8 Å². The lowest BCUT2D eigenvalue weighted by molar-refractivity contribution is -0.128. The lowest BCUT2D eigenvalue weighted by Gasteiger charge is -2.24. The van der Waals surface area contributed by atoms with Gasteiger partial charge in [-0.25, -0.2) is 14.4 Å². The standard InChI is InChI=1S/C27H31ClFN5O3/c1-18(35)34-10-7-27(16-34)6-9-33(15-27)8-3-11-37-25-13-20-23(14-24(25)36-2)30-17-31-26(20)32-19-4-5-22(29)21(28)12-19/h4-5,12-14,17H,3,6-11,15-16H2,1-2H3,(H,30,31,32). The molecule has 196 valence electrons. The monoisotopic (exact) mass is 527 g/mol. The van der Waals surface area contributed by atoms with E-state index in [4.69, 9.17) is 21.1 Å². The number of fused-ring (bicyclic) bond motifs is 1. The normalized spacial score (nSPS) is 19.6. The lowest BCUT2D eigenvalue weighted by atomic mass is 9.86. The van der Waals surface area contributed by atoms with Crippen LogP contribution < -0.4 is 14.8 Å². The van der Waals surface area contributed by atoms with Crippen LogP contribution in [0.15, 0.2) is 36.7 Å². The van der Waals surface area contributed by atoms with Gasteiger partial charge in [0.15, 0.2) is 11.5 Å². The highest BCUT2D eigenvalue weighted by Crippen LogP contribution is 2.39. The van der Waals surface area contributed by atoms with Gasteiger partial charge in [-0.15, -0.1) is 0 Å². The van der Waals surface area contributed by atoms with Crippen LogP contribution in [0.5, 0.6) is 11.5 Å². The molecule has 3 heterocycles. The van der Waals surface area contributed by atoms with Gasteiger partial charge >= 0.3 is 0 Å². The number of nitrogens with zero attached hydrogens (tertiary/aromatic N) is 4. The molecule has 5 rings (SSSR count). The van der Waals surface area contributed by atoms with Gasteiger partial charge in [-0.2, -0.15) is 0 Å². The Hall–Kier alpha value is -3.17. The molecule has 1 N–H and O–H groups in total. The first kappa shape index (κ1) is 25.5. The Kier molecular flexibility index (Phi) is 7.35. The summed E-state index contributed by atoms with van der Waals surface area (Å²) in [6.45, 7) is 7.00. The summed E-state index contributed by atoms with van der Waals surface area (Å²) in [5.41, 5.74) is 1.56. The number of nitrogens with one attached hydrogen (secondary N) is 1. The number of hydrogen-bond donors (Lipinski definition) is 1. The van der Waals surface area contributed by atoms with Crippen molar-refractivity contribution in [1.29, 1.82) is 0 Å². The predicted molar refractivity (Wildman–Crippen MR) is 141 cm³/mol. The maximum absolute atomic E-state index is 13.6. The second-order valence-corrected chi connectivity index (χ2v) is 10.3. The van der Waals surface area contributed by atoms with Crippen molar-refractivity contribution in [2.24, 2.45) is 5.41 Å². The SMILES string of the molecule is COc1cc2ncnc(Nc3ccc(F)c(Cl)c3)c2cc1OCCCN1CCC2(CCN(C(C)=O)C2)C1. The number of rotatable bonds is 8. The third-order valence-corrected chi connectivity index (χ3v) is 7.67. The largest absolute Gasteiger partial charge is 0.493 e. The summed E-state index contributed by atoms with van der Waals surface area (Å²) in [6.07, 6.45) is 4.57. The summed E-state index contributed by atoms with van der Waals surface area (Å²) in [5.74, 6) is 1.45. The number of likely N-dealkylation sites (tertiary alicyclic amines) is 2. The fourth-order valence-corrected chi connectivity index (χ4v) is 5.55. The number of hydrogen-bond acceptors (Lipinski definition) is 7. The van der Waals surface area contributed by atoms with Gasteiger partial charge in [0.05, 0.1) is 24.3 Å². The predicted octanol–water partition coefficient (Wildman–Crippen LogP) is 4.89. The zero-order chi connectivity index (χ0) is 26.0. The van der Waals surface area contributed by atoms with Gasteiger partial charge < -0.3 is 24.6 Å². The van der Waals surface area contributed by atoms with Gasteiger partial charge in [-0.1, -0.05) is 11.6 Å². The average molecular weight is 528 g/mol. The molecule has 1 atom stereocenters. The minimum atomic E-state index is -0.481. The molecule has 2 aliphatic heterocycles. The molecule has 0 aliphatic carbocycles. The summed E-state index contributed by atoms with van der Waals surface area (Å²) >= 11 is 5.93. The molecule has 1 aromatic heterocycles. The Morgan fingerprint density at radius 1 is 1.16 bits per heavy atom. The molecule has 2 aromatic carbocycles. The van der Waals surface area contributed by atoms with Crippen molar-refractivity contribution in [1.82, 2.24) is 19.8 Å². The van der Waals surface area contributed by atoms with Crippen LogP contribution in [-0.4, -0.2) is 72.1 Å². The fourth-order valence-electron chi connectivity index (χ4n) is 5.37. The van der Waals surface area contributed by atoms with E-state index in [1.807, 2.05) is 17.0 Å². The van der Waals surface area contributed by atoms with E-state index in [-0.39, 0.29) is 16.3 Å². The lowest BCUT2D eigenvalue weighted by Crippen LogP contribution is -2.33. The van der Waals surface area contributed by atoms with Crippen LogP contribution in [0.4, 0.5) is 15.9 Å². The Balaban J connectivity index is 1.22. The van der Waals surface area contributed by atoms with Gasteiger partial charge in [0.2, 0.25) is 5.91 Å². The van der Waals surface area contributed by atoms with Crippen LogP contribution in [0.25, 0.3) is 10.9 Å². The third-order valence-electron chi connectivity index (χ3n) is 7.38. The molecule has 2 saturated heterocycles. The number of anilines is 2. The van der Waals surface area contributed by atoms with E-state index in [0.717, 1.165) is 57.4 Å². The summed E-state index contributed by atoms with van der Waals surface area (Å²) in [7, 11) is 1.60. The third kappa shape index (κ3) is 5.57. The van der Waals surface area contributed by atoms with Gasteiger partial charge in [-0.05, 0) is 50.1 Å². The summed E-state index contributed by atoms with van der Waals surface area (Å²) in [5, 5.41) is 3.96. The maximum Gasteiger partial charge on any atom is 0.219 e. The van der Waals surface area contributed by atoms with Crippen LogP contribution in [-0.2, 0) is 4.79 Å². The molecule has 0 bridgehead atoms. The number of carbonyl (C=O) groups excluding carboxylic acids is 1. The molecular weight excluding hydrogens is 497 g/mol. The number of halogens is 2. The average Bonchev–Trinajstić information content (AvgIpc) is 3.50. The molecular formula is C27H31ClFN5O3. The Morgan fingerprint density at radius 3 is 2.76 bits per heavy atom. The van der Waals surface area contributed by atoms with Crippen molar-refractivity contribution >= 4 is 39.9 Å². The van der Waals surface area contributed by atoms with E-state index >= 15 is 0 Å². The number of carbonyl (C=O) groups is 1. The second-order valence-electron chi connectivity index (χ2n) is 9.92. The molecule has 10 heteroatoms. The Morgan fingerprint density at radius 2 is 2.00 bits per heavy atom. The molecule has 3 aromatic rings. The van der Waals surface area contributed by atoms with Crippen molar-refractivity contribution in [2.45, 2.75) is 26.2 Å². The molecule has 1 unspecified atom stereocenters. The zero-order valence-electron chi connectivity index (χ0n) is 21.1. The van der Waals surface area contributed by atoms with E-state index < -0.39 is 5.82 Å². The highest BCUT2D eigenvalue weighted by molar-refractivity contribution is 6.31. The van der Waals surface area contributed by atoms with Crippen LogP contribution in [0.1, 0.15) is 26.2 Å². The first-order valence-corrected chi connectivity index (χ1v) is 12.9. The quantitative estimate of drug-likeness (QED) is 0.418. The van der Waals surface area contributed by atoms with Crippen LogP contribution in [0, 0.1) is 11.2 Å². The molecule has 37 heavy (non-hydrogen) atoms. The van der Waals surface area contributed by atoms with E-state index in [9.17, 15) is 9.18 Å². The highest BCUT2D eigenvalue weighted by Gasteiger charge is 2.43. The minimum absolute atomic E-state index is 0.0297. The highest BCUT2D eigenvalue weighted by atomic mass is 35.5. The van der Waals surface area contributed by atoms with E-state index in [1.54, 1.807) is 20.1 Å². The van der Waals surface area contributed by atoms with Crippen molar-refractivity contribution in [3.8, 4) is 11.5 Å². The van der Waals surface area contributed by atoms with Gasteiger partial charge in [0.1, 0.15) is 18.0 Å². The first-order chi connectivity index (χ1) is 17.9. The first-order valence-electron chi connectivity index (χ1n) is 12.5. The molecule has 1 spiro atoms. The van der Waals surface area contributed by atoms with Crippen LogP contribution in [0.3, 0.4) is 0 Å². The van der Waals surface area contributed by atoms with E-state index in [0.29, 0.717) is 35.1 Å². The number of benzene rings is 2. The molecule has 2 aliphatic rings. The summed E-state index contributed by atoms with van der Waals surface area (Å²) in [6, 6.07) is 8.10. The smallest absolute Gasteiger partial charge is 0.219 e. The molecule has 1 amide bonds. The summed E-state index contributed by atoms with van der Waals surface area (Å²) in [4.78, 5) is 24.9. The Bertz CT molecular complexity index is 1310. The number of aromatic nitrogens is 2. The Labute approximate surface area is 220 Å². The van der Waals surface area contributed by atoms with E-state index in [1.165, 1.54) is 18.5 Å². The van der Waals surface area contributed by atoms with Crippen molar-refractivity contribution < 1.29 is 18.7 Å². The van der Waals surface area contributed by atoms with Crippen molar-refractivity contribution in [3.05, 3.63) is 47.5 Å². The zero-order valence-corrected chi connectivity index (χ0v) is 21.9. The van der Waals surface area contributed by atoms with Gasteiger partial charge in [0.25, 0.3) is 0 Å². The van der Waals surface area contributed by atoms with E-state index in [2.05, 4.69) is 20.2 Å². The van der Waals surface area contributed by atoms with Crippen molar-refractivity contribution in [2.75, 3.05) is 51.8 Å². The van der Waals surface area contributed by atoms with Crippen molar-refractivity contribution in [3.63, 3.8) is 0 Å². The molecule has 0 saturated carbocycles. The maximum atomic E-state index is 13.6.